The molecule has 0 saturated carbocycles. The van der Waals surface area contributed by atoms with Gasteiger partial charge in [0.1, 0.15) is 18.1 Å². The van der Waals surface area contributed by atoms with Crippen LogP contribution in [0.25, 0.3) is 0 Å². The maximum absolute atomic E-state index is 13.0. The number of hydrogen-bond donors (Lipinski definition) is 0. The van der Waals surface area contributed by atoms with E-state index in [4.69, 9.17) is 4.74 Å². The Kier molecular flexibility index (Phi) is 5.39. The molecule has 156 valence electrons. The van der Waals surface area contributed by atoms with Crippen molar-refractivity contribution in [3.8, 4) is 5.75 Å². The summed E-state index contributed by atoms with van der Waals surface area (Å²) in [4.78, 5) is 47.2. The van der Waals surface area contributed by atoms with Crippen molar-refractivity contribution < 1.29 is 19.1 Å². The van der Waals surface area contributed by atoms with E-state index in [1.54, 1.807) is 36.2 Å². The number of ketones is 1. The molecule has 2 aliphatic rings. The summed E-state index contributed by atoms with van der Waals surface area (Å²) in [5, 5.41) is 0. The largest absolute Gasteiger partial charge is 0.479 e. The van der Waals surface area contributed by atoms with Gasteiger partial charge in [-0.2, -0.15) is 0 Å². The molecule has 2 aliphatic heterocycles. The Morgan fingerprint density at radius 1 is 1.13 bits per heavy atom. The quantitative estimate of drug-likeness (QED) is 0.717. The van der Waals surface area contributed by atoms with Gasteiger partial charge in [0.2, 0.25) is 5.91 Å². The normalized spacial score (nSPS) is 18.7. The first kappa shape index (κ1) is 19.9. The maximum Gasteiger partial charge on any atom is 0.268 e. The van der Waals surface area contributed by atoms with Crippen LogP contribution < -0.4 is 14.5 Å². The first-order chi connectivity index (χ1) is 14.4. The lowest BCUT2D eigenvalue weighted by Crippen LogP contribution is -2.54. The van der Waals surface area contributed by atoms with Crippen LogP contribution >= 0.6 is 0 Å². The standard InChI is InChI=1S/C22H24N4O4/c1-15(27)17-6-7-19-18(13-17)26(22(29)16(2)30-19)14-21(28)25-11-9-24(10-12-25)20-5-3-4-8-23-20/h3-8,13,16H,9-12,14H2,1-2H3. The van der Waals surface area contributed by atoms with Crippen LogP contribution in [0.5, 0.6) is 5.75 Å². The predicted molar refractivity (Wildman–Crippen MR) is 112 cm³/mol. The summed E-state index contributed by atoms with van der Waals surface area (Å²) in [5.41, 5.74) is 0.937. The predicted octanol–water partition coefficient (Wildman–Crippen LogP) is 1.75. The molecule has 1 saturated heterocycles. The molecule has 0 bridgehead atoms. The van der Waals surface area contributed by atoms with E-state index in [2.05, 4.69) is 9.88 Å². The van der Waals surface area contributed by atoms with E-state index in [9.17, 15) is 14.4 Å². The molecule has 1 aromatic carbocycles. The Bertz CT molecular complexity index is 970. The molecular weight excluding hydrogens is 384 g/mol. The van der Waals surface area contributed by atoms with Gasteiger partial charge in [-0.15, -0.1) is 0 Å². The number of piperazine rings is 1. The second kappa shape index (κ2) is 8.14. The van der Waals surface area contributed by atoms with Crippen LogP contribution in [-0.2, 0) is 9.59 Å². The number of fused-ring (bicyclic) bond motifs is 1. The van der Waals surface area contributed by atoms with Gasteiger partial charge in [0.15, 0.2) is 11.9 Å². The minimum atomic E-state index is -0.686. The highest BCUT2D eigenvalue weighted by Gasteiger charge is 2.34. The number of pyridine rings is 1. The Morgan fingerprint density at radius 3 is 2.57 bits per heavy atom. The number of amides is 2. The number of carbonyl (C=O) groups is 3. The minimum Gasteiger partial charge on any atom is -0.479 e. The zero-order valence-electron chi connectivity index (χ0n) is 17.1. The number of ether oxygens (including phenoxy) is 1. The summed E-state index contributed by atoms with van der Waals surface area (Å²) >= 11 is 0. The van der Waals surface area contributed by atoms with Crippen LogP contribution in [0.3, 0.4) is 0 Å². The molecule has 1 aromatic heterocycles. The summed E-state index contributed by atoms with van der Waals surface area (Å²) in [6, 6.07) is 10.7. The van der Waals surface area contributed by atoms with Gasteiger partial charge in [-0.3, -0.25) is 19.3 Å². The Balaban J connectivity index is 1.47. The molecule has 0 aliphatic carbocycles. The van der Waals surface area contributed by atoms with Gasteiger partial charge < -0.3 is 14.5 Å². The first-order valence-electron chi connectivity index (χ1n) is 10.0. The van der Waals surface area contributed by atoms with Crippen molar-refractivity contribution >= 4 is 29.1 Å². The summed E-state index contributed by atoms with van der Waals surface area (Å²) in [6.07, 6.45) is 1.07. The van der Waals surface area contributed by atoms with Gasteiger partial charge in [0.25, 0.3) is 5.91 Å². The van der Waals surface area contributed by atoms with E-state index in [0.717, 1.165) is 5.82 Å². The molecule has 0 N–H and O–H groups in total. The number of Topliss-reactive ketones (excluding diaryl/α,β-unsaturated/α-hetero) is 1. The van der Waals surface area contributed by atoms with E-state index in [-0.39, 0.29) is 24.1 Å². The van der Waals surface area contributed by atoms with Gasteiger partial charge in [0, 0.05) is 37.9 Å². The molecule has 1 fully saturated rings. The average Bonchev–Trinajstić information content (AvgIpc) is 2.77. The van der Waals surface area contributed by atoms with E-state index in [1.807, 2.05) is 18.2 Å². The fourth-order valence-electron chi connectivity index (χ4n) is 3.75. The number of benzene rings is 1. The molecule has 1 atom stereocenters. The summed E-state index contributed by atoms with van der Waals surface area (Å²) < 4.78 is 5.66. The molecule has 3 heterocycles. The monoisotopic (exact) mass is 408 g/mol. The minimum absolute atomic E-state index is 0.0789. The number of anilines is 2. The maximum atomic E-state index is 13.0. The molecule has 1 unspecified atom stereocenters. The number of rotatable bonds is 4. The van der Waals surface area contributed by atoms with Gasteiger partial charge >= 0.3 is 0 Å². The SMILES string of the molecule is CC(=O)c1ccc2c(c1)N(CC(=O)N1CCN(c3ccccn3)CC1)C(=O)C(C)O2. The zero-order valence-corrected chi connectivity index (χ0v) is 17.1. The summed E-state index contributed by atoms with van der Waals surface area (Å²) in [5.74, 6) is 0.870. The highest BCUT2D eigenvalue weighted by molar-refractivity contribution is 6.05. The zero-order chi connectivity index (χ0) is 21.3. The second-order valence-corrected chi connectivity index (χ2v) is 7.48. The van der Waals surface area contributed by atoms with E-state index in [0.29, 0.717) is 43.2 Å². The van der Waals surface area contributed by atoms with Crippen LogP contribution in [0.15, 0.2) is 42.6 Å². The van der Waals surface area contributed by atoms with Gasteiger partial charge in [-0.1, -0.05) is 6.07 Å². The lowest BCUT2D eigenvalue weighted by molar-refractivity contribution is -0.133. The molecule has 2 amide bonds. The average molecular weight is 408 g/mol. The third-order valence-corrected chi connectivity index (χ3v) is 5.47. The third kappa shape index (κ3) is 3.85. The number of nitrogens with zero attached hydrogens (tertiary/aromatic N) is 4. The van der Waals surface area contributed by atoms with Crippen LogP contribution in [0, 0.1) is 0 Å². The van der Waals surface area contributed by atoms with Crippen LogP contribution in [0.1, 0.15) is 24.2 Å². The van der Waals surface area contributed by atoms with Crippen molar-refractivity contribution in [2.45, 2.75) is 20.0 Å². The van der Waals surface area contributed by atoms with Crippen LogP contribution in [-0.4, -0.2) is 66.3 Å². The topological polar surface area (TPSA) is 83.1 Å². The molecular formula is C22H24N4O4. The highest BCUT2D eigenvalue weighted by atomic mass is 16.5. The van der Waals surface area contributed by atoms with Crippen LogP contribution in [0.4, 0.5) is 11.5 Å². The smallest absolute Gasteiger partial charge is 0.268 e. The fraction of sp³-hybridized carbons (Fsp3) is 0.364. The van der Waals surface area contributed by atoms with Crippen molar-refractivity contribution in [1.29, 1.82) is 0 Å². The number of aromatic nitrogens is 1. The van der Waals surface area contributed by atoms with Gasteiger partial charge in [-0.05, 0) is 44.2 Å². The second-order valence-electron chi connectivity index (χ2n) is 7.48. The summed E-state index contributed by atoms with van der Waals surface area (Å²) in [6.45, 7) is 5.53. The molecule has 4 rings (SSSR count). The summed E-state index contributed by atoms with van der Waals surface area (Å²) in [7, 11) is 0. The Hall–Kier alpha value is -3.42. The lowest BCUT2D eigenvalue weighted by Gasteiger charge is -2.38. The Morgan fingerprint density at radius 2 is 1.90 bits per heavy atom. The molecule has 0 spiro atoms. The van der Waals surface area contributed by atoms with Gasteiger partial charge in [-0.25, -0.2) is 4.98 Å². The van der Waals surface area contributed by atoms with E-state index < -0.39 is 6.10 Å². The molecule has 2 aromatic rings. The molecule has 8 nitrogen and oxygen atoms in total. The van der Waals surface area contributed by atoms with Crippen molar-refractivity contribution in [3.63, 3.8) is 0 Å². The van der Waals surface area contributed by atoms with E-state index >= 15 is 0 Å². The molecule has 0 radical (unpaired) electrons. The van der Waals surface area contributed by atoms with Gasteiger partial charge in [0.05, 0.1) is 5.69 Å². The van der Waals surface area contributed by atoms with Crippen molar-refractivity contribution in [1.82, 2.24) is 9.88 Å². The van der Waals surface area contributed by atoms with Crippen molar-refractivity contribution in [3.05, 3.63) is 48.2 Å². The lowest BCUT2D eigenvalue weighted by atomic mass is 10.1. The first-order valence-corrected chi connectivity index (χ1v) is 10.0. The number of hydrogen-bond acceptors (Lipinski definition) is 6. The number of carbonyl (C=O) groups excluding carboxylic acids is 3. The molecule has 8 heteroatoms. The fourth-order valence-corrected chi connectivity index (χ4v) is 3.75. The highest BCUT2D eigenvalue weighted by Crippen LogP contribution is 2.35. The Labute approximate surface area is 175 Å². The van der Waals surface area contributed by atoms with Crippen LogP contribution in [0.2, 0.25) is 0 Å². The van der Waals surface area contributed by atoms with Crippen molar-refractivity contribution in [2.24, 2.45) is 0 Å². The van der Waals surface area contributed by atoms with E-state index in [1.165, 1.54) is 11.8 Å². The van der Waals surface area contributed by atoms with Crippen molar-refractivity contribution in [2.75, 3.05) is 42.5 Å². The molecule has 30 heavy (non-hydrogen) atoms. The third-order valence-electron chi connectivity index (χ3n) is 5.47.